The number of rotatable bonds is 2. The summed E-state index contributed by atoms with van der Waals surface area (Å²) in [7, 11) is 0. The van der Waals surface area contributed by atoms with E-state index in [1.807, 2.05) is 0 Å². The highest BCUT2D eigenvalue weighted by atomic mass is 19.1. The summed E-state index contributed by atoms with van der Waals surface area (Å²) in [6, 6.07) is 5.64. The third-order valence-corrected chi connectivity index (χ3v) is 1.95. The molecule has 1 aromatic carbocycles. The van der Waals surface area contributed by atoms with Crippen molar-refractivity contribution in [2.45, 2.75) is 32.9 Å². The first-order valence-corrected chi connectivity index (χ1v) is 5.53. The maximum atomic E-state index is 12.6. The van der Waals surface area contributed by atoms with Crippen molar-refractivity contribution in [3.05, 3.63) is 35.6 Å². The van der Waals surface area contributed by atoms with Gasteiger partial charge in [-0.25, -0.2) is 9.18 Å². The quantitative estimate of drug-likeness (QED) is 0.645. The number of carbonyl (C=O) groups excluding carboxylic acids is 2. The molecule has 98 valence electrons. The van der Waals surface area contributed by atoms with Gasteiger partial charge < -0.3 is 10.1 Å². The van der Waals surface area contributed by atoms with Gasteiger partial charge in [0.25, 0.3) is 0 Å². The molecule has 0 unspecified atom stereocenters. The fourth-order valence-corrected chi connectivity index (χ4v) is 1.18. The molecule has 0 aromatic heterocycles. The van der Waals surface area contributed by atoms with Gasteiger partial charge in [-0.05, 0) is 38.5 Å². The molecule has 0 fully saturated rings. The van der Waals surface area contributed by atoms with Crippen molar-refractivity contribution in [3.8, 4) is 0 Å². The first-order chi connectivity index (χ1) is 8.28. The molecule has 0 aliphatic heterocycles. The predicted molar refractivity (Wildman–Crippen MR) is 64.1 cm³/mol. The van der Waals surface area contributed by atoms with Gasteiger partial charge >= 0.3 is 11.9 Å². The minimum Gasteiger partial charge on any atom is -0.453 e. The van der Waals surface area contributed by atoms with Crippen LogP contribution in [0.5, 0.6) is 0 Å². The van der Waals surface area contributed by atoms with E-state index in [1.165, 1.54) is 24.3 Å². The molecule has 0 aliphatic rings. The zero-order chi connectivity index (χ0) is 13.8. The van der Waals surface area contributed by atoms with Crippen LogP contribution in [0.3, 0.4) is 0 Å². The number of esters is 1. The lowest BCUT2D eigenvalue weighted by Crippen LogP contribution is -2.36. The van der Waals surface area contributed by atoms with E-state index in [1.54, 1.807) is 20.8 Å². The fraction of sp³-hybridized carbons (Fsp3) is 0.385. The molecule has 0 bridgehead atoms. The lowest BCUT2D eigenvalue weighted by Gasteiger charge is -2.18. The van der Waals surface area contributed by atoms with E-state index >= 15 is 0 Å². The molecule has 1 N–H and O–H groups in total. The van der Waals surface area contributed by atoms with E-state index in [4.69, 9.17) is 4.74 Å². The standard InChI is InChI=1S/C13H16FNO3/c1-13(2,3)18-12(17)11(16)15-8-9-4-6-10(14)7-5-9/h4-7H,8H2,1-3H3,(H,15,16). The van der Waals surface area contributed by atoms with Gasteiger partial charge in [0, 0.05) is 6.54 Å². The highest BCUT2D eigenvalue weighted by Gasteiger charge is 2.22. The van der Waals surface area contributed by atoms with Crippen molar-refractivity contribution in [3.63, 3.8) is 0 Å². The van der Waals surface area contributed by atoms with Gasteiger partial charge in [0.2, 0.25) is 0 Å². The normalized spacial score (nSPS) is 10.9. The van der Waals surface area contributed by atoms with Crippen molar-refractivity contribution < 1.29 is 18.7 Å². The van der Waals surface area contributed by atoms with E-state index in [9.17, 15) is 14.0 Å². The lowest BCUT2D eigenvalue weighted by molar-refractivity contribution is -0.163. The van der Waals surface area contributed by atoms with Crippen LogP contribution >= 0.6 is 0 Å². The monoisotopic (exact) mass is 253 g/mol. The summed E-state index contributed by atoms with van der Waals surface area (Å²) in [6.45, 7) is 5.19. The number of amides is 1. The molecule has 18 heavy (non-hydrogen) atoms. The molecule has 5 heteroatoms. The Morgan fingerprint density at radius 2 is 1.78 bits per heavy atom. The van der Waals surface area contributed by atoms with Crippen LogP contribution < -0.4 is 5.32 Å². The molecule has 0 atom stereocenters. The van der Waals surface area contributed by atoms with Crippen LogP contribution in [-0.4, -0.2) is 17.5 Å². The molecule has 0 spiro atoms. The molecule has 0 radical (unpaired) electrons. The number of hydrogen-bond donors (Lipinski definition) is 1. The second kappa shape index (κ2) is 5.62. The highest BCUT2D eigenvalue weighted by Crippen LogP contribution is 2.07. The summed E-state index contributed by atoms with van der Waals surface area (Å²) >= 11 is 0. The van der Waals surface area contributed by atoms with Gasteiger partial charge in [0.05, 0.1) is 0 Å². The first-order valence-electron chi connectivity index (χ1n) is 5.53. The smallest absolute Gasteiger partial charge is 0.397 e. The molecular formula is C13H16FNO3. The Bertz CT molecular complexity index is 435. The van der Waals surface area contributed by atoms with Gasteiger partial charge in [0.15, 0.2) is 0 Å². The van der Waals surface area contributed by atoms with Gasteiger partial charge in [-0.3, -0.25) is 4.79 Å². The lowest BCUT2D eigenvalue weighted by atomic mass is 10.2. The Kier molecular flexibility index (Phi) is 4.42. The first kappa shape index (κ1) is 14.2. The maximum Gasteiger partial charge on any atom is 0.397 e. The van der Waals surface area contributed by atoms with Crippen LogP contribution in [0.15, 0.2) is 24.3 Å². The second-order valence-electron chi connectivity index (χ2n) is 4.81. The summed E-state index contributed by atoms with van der Waals surface area (Å²) in [5.41, 5.74) is -0.00193. The van der Waals surface area contributed by atoms with Gasteiger partial charge in [-0.1, -0.05) is 12.1 Å². The summed E-state index contributed by atoms with van der Waals surface area (Å²) in [6.07, 6.45) is 0. The van der Waals surface area contributed by atoms with E-state index in [2.05, 4.69) is 5.32 Å². The number of nitrogens with one attached hydrogen (secondary N) is 1. The highest BCUT2D eigenvalue weighted by molar-refractivity contribution is 6.32. The number of carbonyl (C=O) groups is 2. The zero-order valence-electron chi connectivity index (χ0n) is 10.6. The topological polar surface area (TPSA) is 55.4 Å². The van der Waals surface area contributed by atoms with Crippen LogP contribution in [0.2, 0.25) is 0 Å². The van der Waals surface area contributed by atoms with Gasteiger partial charge in [-0.2, -0.15) is 0 Å². The van der Waals surface area contributed by atoms with Crippen molar-refractivity contribution in [2.24, 2.45) is 0 Å². The minimum absolute atomic E-state index is 0.151. The third kappa shape index (κ3) is 4.95. The maximum absolute atomic E-state index is 12.6. The Labute approximate surface area is 105 Å². The number of benzene rings is 1. The summed E-state index contributed by atoms with van der Waals surface area (Å²) in [4.78, 5) is 22.7. The summed E-state index contributed by atoms with van der Waals surface area (Å²) in [5.74, 6) is -2.09. The summed E-state index contributed by atoms with van der Waals surface area (Å²) in [5, 5.41) is 2.40. The van der Waals surface area contributed by atoms with Crippen LogP contribution in [0.4, 0.5) is 4.39 Å². The molecule has 0 saturated carbocycles. The Morgan fingerprint density at radius 3 is 2.28 bits per heavy atom. The van der Waals surface area contributed by atoms with E-state index in [0.717, 1.165) is 0 Å². The van der Waals surface area contributed by atoms with Crippen LogP contribution in [0.25, 0.3) is 0 Å². The number of hydrogen-bond acceptors (Lipinski definition) is 3. The Balaban J connectivity index is 2.46. The van der Waals surface area contributed by atoms with Crippen molar-refractivity contribution >= 4 is 11.9 Å². The molecule has 0 aliphatic carbocycles. The average Bonchev–Trinajstić information content (AvgIpc) is 2.25. The van der Waals surface area contributed by atoms with Crippen molar-refractivity contribution in [1.82, 2.24) is 5.32 Å². The van der Waals surface area contributed by atoms with E-state index in [-0.39, 0.29) is 12.4 Å². The van der Waals surface area contributed by atoms with Crippen molar-refractivity contribution in [1.29, 1.82) is 0 Å². The zero-order valence-corrected chi connectivity index (χ0v) is 10.6. The minimum atomic E-state index is -0.926. The predicted octanol–water partition coefficient (Wildman–Crippen LogP) is 1.78. The van der Waals surface area contributed by atoms with Crippen LogP contribution in [-0.2, 0) is 20.9 Å². The third-order valence-electron chi connectivity index (χ3n) is 1.95. The molecule has 4 nitrogen and oxygen atoms in total. The van der Waals surface area contributed by atoms with Gasteiger partial charge in [-0.15, -0.1) is 0 Å². The Hall–Kier alpha value is -1.91. The molecule has 1 amide bonds. The molecule has 0 saturated heterocycles. The second-order valence-corrected chi connectivity index (χ2v) is 4.81. The van der Waals surface area contributed by atoms with Gasteiger partial charge in [0.1, 0.15) is 11.4 Å². The van der Waals surface area contributed by atoms with Crippen LogP contribution in [0.1, 0.15) is 26.3 Å². The molecule has 0 heterocycles. The van der Waals surface area contributed by atoms with Crippen LogP contribution in [0, 0.1) is 5.82 Å². The Morgan fingerprint density at radius 1 is 1.22 bits per heavy atom. The molecule has 1 aromatic rings. The molecular weight excluding hydrogens is 237 g/mol. The summed E-state index contributed by atoms with van der Waals surface area (Å²) < 4.78 is 17.5. The van der Waals surface area contributed by atoms with E-state index < -0.39 is 17.5 Å². The largest absolute Gasteiger partial charge is 0.453 e. The SMILES string of the molecule is CC(C)(C)OC(=O)C(=O)NCc1ccc(F)cc1. The number of halogens is 1. The van der Waals surface area contributed by atoms with E-state index in [0.29, 0.717) is 5.56 Å². The average molecular weight is 253 g/mol. The van der Waals surface area contributed by atoms with Crippen molar-refractivity contribution in [2.75, 3.05) is 0 Å². The molecule has 1 rings (SSSR count). The number of ether oxygens (including phenoxy) is 1. The fourth-order valence-electron chi connectivity index (χ4n) is 1.18.